The molecule has 2 aliphatic heterocycles. The zero-order valence-corrected chi connectivity index (χ0v) is 16.1. The molecule has 1 amide bonds. The molecule has 9 heteroatoms. The number of thioether (sulfide) groups is 1. The minimum Gasteiger partial charge on any atom is -0.493 e. The van der Waals surface area contributed by atoms with Crippen LogP contribution in [0, 0.1) is 17.6 Å². The summed E-state index contributed by atoms with van der Waals surface area (Å²) in [6, 6.07) is 10.1. The summed E-state index contributed by atoms with van der Waals surface area (Å²) in [6.45, 7) is -0.741. The van der Waals surface area contributed by atoms with Crippen LogP contribution in [0.5, 0.6) is 5.75 Å². The van der Waals surface area contributed by atoms with Crippen LogP contribution in [-0.2, 0) is 9.67 Å². The number of nitrogens with zero attached hydrogens (tertiary/aromatic N) is 2. The molecule has 0 aromatic heterocycles. The average molecular weight is 421 g/mol. The van der Waals surface area contributed by atoms with Crippen LogP contribution in [0.25, 0.3) is 0 Å². The molecule has 0 saturated heterocycles. The van der Waals surface area contributed by atoms with Gasteiger partial charge in [-0.1, -0.05) is 30.0 Å². The lowest BCUT2D eigenvalue weighted by atomic mass is 9.86. The Hall–Kier alpha value is -2.52. The Bertz CT molecular complexity index is 987. The number of nitrogens with two attached hydrogens (primary N) is 1. The standard InChI is InChI=1S/C20H18F3N3O2S/c21-10-18(27)26-20(29-19(25-26)14-9-13(22)5-6-16(14)23)12(7-8-24)11-28-17-4-2-1-3-15(17)20/h1-6,9,12H,7-8,10-11,24H2. The summed E-state index contributed by atoms with van der Waals surface area (Å²) < 4.78 is 47.5. The number of carbonyl (C=O) groups excluding carboxylic acids is 1. The van der Waals surface area contributed by atoms with E-state index in [9.17, 15) is 18.0 Å². The summed E-state index contributed by atoms with van der Waals surface area (Å²) in [4.78, 5) is 11.4. The molecule has 2 aromatic rings. The molecule has 1 spiro atoms. The second-order valence-corrected chi connectivity index (χ2v) is 7.96. The largest absolute Gasteiger partial charge is 0.493 e. The summed E-state index contributed by atoms with van der Waals surface area (Å²) in [5.41, 5.74) is 6.32. The second kappa shape index (κ2) is 7.72. The third-order valence-corrected chi connectivity index (χ3v) is 6.58. The Labute approximate surface area is 169 Å². The fraction of sp³-hybridized carbons (Fsp3) is 0.300. The summed E-state index contributed by atoms with van der Waals surface area (Å²) in [5, 5.41) is 5.41. The van der Waals surface area contributed by atoms with Crippen molar-refractivity contribution in [1.82, 2.24) is 5.01 Å². The second-order valence-electron chi connectivity index (χ2n) is 6.75. The smallest absolute Gasteiger partial charge is 0.275 e. The van der Waals surface area contributed by atoms with Gasteiger partial charge in [0.15, 0.2) is 11.5 Å². The van der Waals surface area contributed by atoms with Crippen LogP contribution in [0.3, 0.4) is 0 Å². The Morgan fingerprint density at radius 3 is 2.86 bits per heavy atom. The number of amides is 1. The third-order valence-electron chi connectivity index (χ3n) is 5.05. The predicted octanol–water partition coefficient (Wildman–Crippen LogP) is 3.38. The van der Waals surface area contributed by atoms with Crippen molar-refractivity contribution < 1.29 is 22.7 Å². The van der Waals surface area contributed by atoms with Crippen molar-refractivity contribution in [3.63, 3.8) is 0 Å². The quantitative estimate of drug-likeness (QED) is 0.822. The number of rotatable bonds is 4. The first kappa shape index (κ1) is 19.8. The zero-order valence-electron chi connectivity index (χ0n) is 15.3. The summed E-state index contributed by atoms with van der Waals surface area (Å²) in [7, 11) is 0. The first-order chi connectivity index (χ1) is 14.0. The van der Waals surface area contributed by atoms with Gasteiger partial charge in [0.05, 0.1) is 6.61 Å². The van der Waals surface area contributed by atoms with Gasteiger partial charge in [-0.25, -0.2) is 18.2 Å². The first-order valence-corrected chi connectivity index (χ1v) is 9.87. The molecule has 0 fully saturated rings. The van der Waals surface area contributed by atoms with Crippen molar-refractivity contribution in [2.75, 3.05) is 19.8 Å². The molecule has 2 atom stereocenters. The molecule has 152 valence electrons. The lowest BCUT2D eigenvalue weighted by Crippen LogP contribution is -2.52. The van der Waals surface area contributed by atoms with Gasteiger partial charge in [0.25, 0.3) is 5.91 Å². The van der Waals surface area contributed by atoms with Crippen molar-refractivity contribution in [1.29, 1.82) is 0 Å². The molecular weight excluding hydrogens is 403 g/mol. The first-order valence-electron chi connectivity index (χ1n) is 9.05. The minimum absolute atomic E-state index is 0.0843. The molecule has 2 heterocycles. The summed E-state index contributed by atoms with van der Waals surface area (Å²) in [6.07, 6.45) is 0.464. The van der Waals surface area contributed by atoms with Crippen molar-refractivity contribution in [2.24, 2.45) is 16.8 Å². The normalized spacial score (nSPS) is 23.0. The number of para-hydroxylation sites is 1. The van der Waals surface area contributed by atoms with Crippen LogP contribution in [0.1, 0.15) is 17.5 Å². The molecule has 0 aliphatic carbocycles. The van der Waals surface area contributed by atoms with Crippen LogP contribution in [0.15, 0.2) is 47.6 Å². The van der Waals surface area contributed by atoms with E-state index in [1.165, 1.54) is 0 Å². The molecule has 2 aromatic carbocycles. The van der Waals surface area contributed by atoms with Gasteiger partial charge in [0, 0.05) is 17.0 Å². The summed E-state index contributed by atoms with van der Waals surface area (Å²) >= 11 is 1.10. The van der Waals surface area contributed by atoms with Gasteiger partial charge in [-0.2, -0.15) is 5.10 Å². The maximum atomic E-state index is 14.4. The minimum atomic E-state index is -1.27. The van der Waals surface area contributed by atoms with Gasteiger partial charge in [-0.3, -0.25) is 4.79 Å². The van der Waals surface area contributed by atoms with Crippen LogP contribution in [0.4, 0.5) is 13.2 Å². The molecule has 0 radical (unpaired) electrons. The third kappa shape index (κ3) is 3.18. The molecular formula is C20H18F3N3O2S. The van der Waals surface area contributed by atoms with E-state index in [4.69, 9.17) is 10.5 Å². The Morgan fingerprint density at radius 1 is 1.31 bits per heavy atom. The molecule has 2 N–H and O–H groups in total. The Kier molecular flexibility index (Phi) is 5.26. The van der Waals surface area contributed by atoms with Crippen molar-refractivity contribution in [2.45, 2.75) is 11.3 Å². The van der Waals surface area contributed by atoms with Crippen molar-refractivity contribution in [3.05, 3.63) is 65.2 Å². The van der Waals surface area contributed by atoms with Crippen molar-refractivity contribution in [3.8, 4) is 5.75 Å². The molecule has 4 rings (SSSR count). The highest BCUT2D eigenvalue weighted by Gasteiger charge is 2.57. The SMILES string of the molecule is NCCC1COc2ccccc2C12SC(c1cc(F)ccc1F)=NN2C(=O)CF. The van der Waals surface area contributed by atoms with Gasteiger partial charge in [0.1, 0.15) is 22.4 Å². The van der Waals surface area contributed by atoms with Gasteiger partial charge in [-0.15, -0.1) is 0 Å². The van der Waals surface area contributed by atoms with Gasteiger partial charge >= 0.3 is 0 Å². The maximum Gasteiger partial charge on any atom is 0.275 e. The van der Waals surface area contributed by atoms with E-state index < -0.39 is 29.1 Å². The number of alkyl halides is 1. The predicted molar refractivity (Wildman–Crippen MR) is 104 cm³/mol. The molecule has 5 nitrogen and oxygen atoms in total. The highest BCUT2D eigenvalue weighted by atomic mass is 32.2. The molecule has 2 aliphatic rings. The highest BCUT2D eigenvalue weighted by Crippen LogP contribution is 2.57. The average Bonchev–Trinajstić information content (AvgIpc) is 3.12. The van der Waals surface area contributed by atoms with Crippen LogP contribution in [-0.4, -0.2) is 35.8 Å². The number of halogens is 3. The van der Waals surface area contributed by atoms with Crippen molar-refractivity contribution >= 4 is 22.7 Å². The molecule has 0 bridgehead atoms. The van der Waals surface area contributed by atoms with E-state index in [0.717, 1.165) is 35.0 Å². The van der Waals surface area contributed by atoms with E-state index >= 15 is 0 Å². The number of hydrogen-bond donors (Lipinski definition) is 1. The van der Waals surface area contributed by atoms with Gasteiger partial charge < -0.3 is 10.5 Å². The van der Waals surface area contributed by atoms with Crippen LogP contribution >= 0.6 is 11.8 Å². The van der Waals surface area contributed by atoms with E-state index in [1.54, 1.807) is 24.3 Å². The number of carbonyl (C=O) groups is 1. The van der Waals surface area contributed by atoms with E-state index in [0.29, 0.717) is 24.3 Å². The Morgan fingerprint density at radius 2 is 2.10 bits per heavy atom. The van der Waals surface area contributed by atoms with E-state index in [-0.39, 0.29) is 23.1 Å². The number of fused-ring (bicyclic) bond motifs is 2. The number of ether oxygens (including phenoxy) is 1. The number of hydrazone groups is 1. The molecule has 0 saturated carbocycles. The van der Waals surface area contributed by atoms with E-state index in [2.05, 4.69) is 5.10 Å². The fourth-order valence-corrected chi connectivity index (χ4v) is 5.31. The van der Waals surface area contributed by atoms with Gasteiger partial charge in [-0.05, 0) is 37.2 Å². The Balaban J connectivity index is 1.90. The lowest BCUT2D eigenvalue weighted by Gasteiger charge is -2.45. The molecule has 2 unspecified atom stereocenters. The highest BCUT2D eigenvalue weighted by molar-refractivity contribution is 8.15. The number of benzene rings is 2. The van der Waals surface area contributed by atoms with Crippen LogP contribution < -0.4 is 10.5 Å². The zero-order chi connectivity index (χ0) is 20.6. The fourth-order valence-electron chi connectivity index (χ4n) is 3.76. The van der Waals surface area contributed by atoms with E-state index in [1.807, 2.05) is 0 Å². The summed E-state index contributed by atoms with van der Waals surface area (Å²) in [5.74, 6) is -2.00. The topological polar surface area (TPSA) is 67.9 Å². The van der Waals surface area contributed by atoms with Crippen LogP contribution in [0.2, 0.25) is 0 Å². The van der Waals surface area contributed by atoms with Gasteiger partial charge in [0.2, 0.25) is 0 Å². The number of hydrogen-bond acceptors (Lipinski definition) is 5. The molecule has 29 heavy (non-hydrogen) atoms. The maximum absolute atomic E-state index is 14.4. The monoisotopic (exact) mass is 421 g/mol. The lowest BCUT2D eigenvalue weighted by molar-refractivity contribution is -0.138.